The summed E-state index contributed by atoms with van der Waals surface area (Å²) in [6.07, 6.45) is -0.650. The first-order valence-electron chi connectivity index (χ1n) is 3.22. The van der Waals surface area contributed by atoms with E-state index in [-0.39, 0.29) is 0 Å². The van der Waals surface area contributed by atoms with Crippen LogP contribution in [-0.4, -0.2) is 18.1 Å². The molecule has 0 aliphatic carbocycles. The number of nitrogens with one attached hydrogen (secondary N) is 1. The van der Waals surface area contributed by atoms with Gasteiger partial charge in [-0.25, -0.2) is 9.59 Å². The van der Waals surface area contributed by atoms with Crippen LogP contribution in [0.3, 0.4) is 0 Å². The van der Waals surface area contributed by atoms with Gasteiger partial charge in [0.15, 0.2) is 0 Å². The maximum absolute atomic E-state index is 10.3. The smallest absolute Gasteiger partial charge is 0.375 e. The van der Waals surface area contributed by atoms with Gasteiger partial charge in [0.1, 0.15) is 6.04 Å². The van der Waals surface area contributed by atoms with Gasteiger partial charge in [-0.15, -0.1) is 0 Å². The summed E-state index contributed by atoms with van der Waals surface area (Å²) in [5.41, 5.74) is 0. The molecule has 10 heavy (non-hydrogen) atoms. The Morgan fingerprint density at radius 1 is 1.40 bits per heavy atom. The zero-order valence-corrected chi connectivity index (χ0v) is 6.30. The molecule has 0 aromatic rings. The molecule has 1 aliphatic heterocycles. The molecule has 58 valence electrons. The molecule has 0 aromatic heterocycles. The van der Waals surface area contributed by atoms with Crippen molar-refractivity contribution in [3.8, 4) is 0 Å². The predicted octanol–water partition coefficient (Wildman–Crippen LogP) is 0.667. The van der Waals surface area contributed by atoms with Crippen LogP contribution in [0.5, 0.6) is 0 Å². The number of alkyl carbamates (subject to hydrolysis) is 1. The Morgan fingerprint density at radius 3 is 2.00 bits per heavy atom. The van der Waals surface area contributed by atoms with E-state index in [1.807, 2.05) is 13.8 Å². The maximum atomic E-state index is 10.3. The van der Waals surface area contributed by atoms with Crippen molar-refractivity contribution in [3.05, 3.63) is 0 Å². The van der Waals surface area contributed by atoms with Gasteiger partial charge in [0, 0.05) is 0 Å². The van der Waals surface area contributed by atoms with Crippen molar-refractivity contribution in [1.29, 1.82) is 0 Å². The van der Waals surface area contributed by atoms with Crippen molar-refractivity contribution in [3.63, 3.8) is 0 Å². The summed E-state index contributed by atoms with van der Waals surface area (Å²) in [6.45, 7) is 5.56. The van der Waals surface area contributed by atoms with Crippen molar-refractivity contribution in [2.75, 3.05) is 0 Å². The number of carbonyl (C=O) groups excluding carboxylic acids is 2. The monoisotopic (exact) mass is 145 g/mol. The van der Waals surface area contributed by atoms with Crippen LogP contribution in [0.15, 0.2) is 0 Å². The number of cyclic esters (lactones) is 2. The summed E-state index contributed by atoms with van der Waals surface area (Å²) in [4.78, 5) is 20.4. The fourth-order valence-corrected chi connectivity index (χ4v) is 0.445. The highest BCUT2D eigenvalue weighted by Gasteiger charge is 2.27. The minimum atomic E-state index is -0.650. The SMILES string of the molecule is CC.CC1NC(=O)OC1=O. The van der Waals surface area contributed by atoms with Crippen molar-refractivity contribution in [1.82, 2.24) is 5.32 Å². The highest BCUT2D eigenvalue weighted by Crippen LogP contribution is 1.96. The number of rotatable bonds is 0. The Bertz CT molecular complexity index is 144. The second-order valence-electron chi connectivity index (χ2n) is 1.57. The lowest BCUT2D eigenvalue weighted by atomic mass is 10.4. The summed E-state index contributed by atoms with van der Waals surface area (Å²) in [5.74, 6) is -0.505. The van der Waals surface area contributed by atoms with Crippen LogP contribution in [0.25, 0.3) is 0 Å². The quantitative estimate of drug-likeness (QED) is 0.402. The largest absolute Gasteiger partial charge is 0.415 e. The summed E-state index contributed by atoms with van der Waals surface area (Å²) in [5, 5.41) is 2.26. The van der Waals surface area contributed by atoms with Crippen LogP contribution < -0.4 is 5.32 Å². The molecule has 4 nitrogen and oxygen atoms in total. The third-order valence-electron chi connectivity index (χ3n) is 0.881. The predicted molar refractivity (Wildman–Crippen MR) is 35.4 cm³/mol. The van der Waals surface area contributed by atoms with Crippen LogP contribution >= 0.6 is 0 Å². The van der Waals surface area contributed by atoms with Gasteiger partial charge in [0.05, 0.1) is 0 Å². The molecule has 0 aromatic carbocycles. The molecule has 1 saturated heterocycles. The van der Waals surface area contributed by atoms with Crippen LogP contribution in [0.2, 0.25) is 0 Å². The first kappa shape index (κ1) is 8.94. The number of hydrogen-bond donors (Lipinski definition) is 1. The average Bonchev–Trinajstić information content (AvgIpc) is 2.16. The number of carbonyl (C=O) groups is 2. The van der Waals surface area contributed by atoms with Gasteiger partial charge >= 0.3 is 12.1 Å². The molecule has 0 bridgehead atoms. The zero-order chi connectivity index (χ0) is 8.15. The standard InChI is InChI=1S/C4H5NO3.C2H6/c1-2-3(6)8-4(7)5-2;1-2/h2H,1H3,(H,5,7);1-2H3. The van der Waals surface area contributed by atoms with Gasteiger partial charge in [-0.3, -0.25) is 0 Å². The fraction of sp³-hybridized carbons (Fsp3) is 0.667. The van der Waals surface area contributed by atoms with E-state index in [9.17, 15) is 9.59 Å². The summed E-state index contributed by atoms with van der Waals surface area (Å²) in [7, 11) is 0. The van der Waals surface area contributed by atoms with E-state index in [1.165, 1.54) is 0 Å². The van der Waals surface area contributed by atoms with Crippen molar-refractivity contribution < 1.29 is 14.3 Å². The van der Waals surface area contributed by atoms with Crippen LogP contribution in [0, 0.1) is 0 Å². The highest BCUT2D eigenvalue weighted by molar-refractivity contribution is 5.94. The van der Waals surface area contributed by atoms with E-state index in [0.717, 1.165) is 0 Å². The molecule has 1 atom stereocenters. The molecule has 1 aliphatic rings. The summed E-state index contributed by atoms with van der Waals surface area (Å²) >= 11 is 0. The van der Waals surface area contributed by atoms with Gasteiger partial charge in [-0.05, 0) is 6.92 Å². The fourth-order valence-electron chi connectivity index (χ4n) is 0.445. The minimum Gasteiger partial charge on any atom is -0.375 e. The van der Waals surface area contributed by atoms with Crippen LogP contribution in [0.1, 0.15) is 20.8 Å². The zero-order valence-electron chi connectivity index (χ0n) is 6.30. The lowest BCUT2D eigenvalue weighted by Crippen LogP contribution is -2.24. The molecule has 1 heterocycles. The second kappa shape index (κ2) is 3.87. The topological polar surface area (TPSA) is 55.4 Å². The molecule has 1 rings (SSSR count). The summed E-state index contributed by atoms with van der Waals surface area (Å²) in [6, 6.07) is -0.470. The van der Waals surface area contributed by atoms with Crippen molar-refractivity contribution in [2.24, 2.45) is 0 Å². The second-order valence-corrected chi connectivity index (χ2v) is 1.57. The van der Waals surface area contributed by atoms with E-state index in [1.54, 1.807) is 6.92 Å². The van der Waals surface area contributed by atoms with Crippen LogP contribution in [-0.2, 0) is 9.53 Å². The number of amides is 1. The summed E-state index contributed by atoms with van der Waals surface area (Å²) < 4.78 is 4.08. The van der Waals surface area contributed by atoms with E-state index in [4.69, 9.17) is 0 Å². The van der Waals surface area contributed by atoms with E-state index in [2.05, 4.69) is 10.1 Å². The van der Waals surface area contributed by atoms with Crippen molar-refractivity contribution >= 4 is 12.1 Å². The van der Waals surface area contributed by atoms with Gasteiger partial charge in [0.25, 0.3) is 0 Å². The number of esters is 1. The minimum absolute atomic E-state index is 0.470. The van der Waals surface area contributed by atoms with E-state index in [0.29, 0.717) is 0 Å². The molecule has 1 amide bonds. The van der Waals surface area contributed by atoms with E-state index < -0.39 is 18.1 Å². The third kappa shape index (κ3) is 2.05. The maximum Gasteiger partial charge on any atom is 0.415 e. The third-order valence-corrected chi connectivity index (χ3v) is 0.881. The molecule has 0 saturated carbocycles. The first-order chi connectivity index (χ1) is 4.70. The average molecular weight is 145 g/mol. The van der Waals surface area contributed by atoms with Gasteiger partial charge in [0.2, 0.25) is 0 Å². The van der Waals surface area contributed by atoms with Crippen molar-refractivity contribution in [2.45, 2.75) is 26.8 Å². The van der Waals surface area contributed by atoms with Crippen LogP contribution in [0.4, 0.5) is 4.79 Å². The normalized spacial score (nSPS) is 22.5. The van der Waals surface area contributed by atoms with E-state index >= 15 is 0 Å². The lowest BCUT2D eigenvalue weighted by molar-refractivity contribution is -0.134. The molecule has 4 heteroatoms. The highest BCUT2D eigenvalue weighted by atomic mass is 16.6. The Balaban J connectivity index is 0.000000371. The lowest BCUT2D eigenvalue weighted by Gasteiger charge is -1.88. The molecular formula is C6H11NO3. The molecular weight excluding hydrogens is 134 g/mol. The Hall–Kier alpha value is -1.06. The molecule has 1 fully saturated rings. The van der Waals surface area contributed by atoms with Gasteiger partial charge in [-0.2, -0.15) is 0 Å². The number of ether oxygens (including phenoxy) is 1. The van der Waals surface area contributed by atoms with Gasteiger partial charge < -0.3 is 10.1 Å². The Kier molecular flexibility index (Phi) is 3.46. The molecule has 0 spiro atoms. The Labute approximate surface area is 59.6 Å². The molecule has 0 radical (unpaired) electrons. The van der Waals surface area contributed by atoms with Gasteiger partial charge in [-0.1, -0.05) is 13.8 Å². The Morgan fingerprint density at radius 2 is 1.90 bits per heavy atom. The molecule has 1 unspecified atom stereocenters. The molecule has 1 N–H and O–H groups in total. The first-order valence-corrected chi connectivity index (χ1v) is 3.22. The number of hydrogen-bond acceptors (Lipinski definition) is 3.